The Kier molecular flexibility index (Phi) is 4.57. The van der Waals surface area contributed by atoms with E-state index in [0.29, 0.717) is 17.2 Å². The summed E-state index contributed by atoms with van der Waals surface area (Å²) in [6.45, 7) is 0.387. The quantitative estimate of drug-likeness (QED) is 0.676. The van der Waals surface area contributed by atoms with E-state index in [1.807, 2.05) is 42.5 Å². The Morgan fingerprint density at radius 2 is 2.04 bits per heavy atom. The van der Waals surface area contributed by atoms with Crippen LogP contribution in [-0.4, -0.2) is 21.7 Å². The summed E-state index contributed by atoms with van der Waals surface area (Å²) in [5.74, 6) is -0.415. The molecule has 1 unspecified atom stereocenters. The van der Waals surface area contributed by atoms with Gasteiger partial charge in [0.25, 0.3) is 11.8 Å². The highest BCUT2D eigenvalue weighted by atomic mass is 79.9. The van der Waals surface area contributed by atoms with Crippen LogP contribution in [0, 0.1) is 0 Å². The maximum Gasteiger partial charge on any atom is 0.255 e. The largest absolute Gasteiger partial charge is 0.318 e. The molecule has 0 radical (unpaired) electrons. The van der Waals surface area contributed by atoms with Gasteiger partial charge in [0.2, 0.25) is 0 Å². The molecule has 1 atom stereocenters. The van der Waals surface area contributed by atoms with Crippen LogP contribution in [0.4, 0.5) is 5.13 Å². The van der Waals surface area contributed by atoms with E-state index in [9.17, 15) is 9.59 Å². The van der Waals surface area contributed by atoms with Gasteiger partial charge in [-0.1, -0.05) is 46.3 Å². The molecular weight excluding hydrogens is 414 g/mol. The van der Waals surface area contributed by atoms with E-state index < -0.39 is 6.04 Å². The lowest BCUT2D eigenvalue weighted by molar-refractivity contribution is -0.120. The van der Waals surface area contributed by atoms with Crippen molar-refractivity contribution in [3.05, 3.63) is 81.3 Å². The fourth-order valence-electron chi connectivity index (χ4n) is 3.09. The van der Waals surface area contributed by atoms with Crippen LogP contribution in [0.5, 0.6) is 0 Å². The molecule has 1 aromatic heterocycles. The monoisotopic (exact) mass is 427 g/mol. The maximum atomic E-state index is 13.0. The molecule has 1 aliphatic heterocycles. The summed E-state index contributed by atoms with van der Waals surface area (Å²) in [7, 11) is 0. The van der Waals surface area contributed by atoms with Crippen LogP contribution in [0.25, 0.3) is 0 Å². The minimum absolute atomic E-state index is 0.143. The summed E-state index contributed by atoms with van der Waals surface area (Å²) >= 11 is 4.78. The number of anilines is 1. The molecule has 130 valence electrons. The van der Waals surface area contributed by atoms with Crippen molar-refractivity contribution in [1.29, 1.82) is 0 Å². The average molecular weight is 428 g/mol. The van der Waals surface area contributed by atoms with Gasteiger partial charge in [-0.2, -0.15) is 0 Å². The van der Waals surface area contributed by atoms with Gasteiger partial charge in [0.15, 0.2) is 5.13 Å². The van der Waals surface area contributed by atoms with E-state index in [2.05, 4.69) is 26.2 Å². The highest BCUT2D eigenvalue weighted by Gasteiger charge is 2.37. The predicted octanol–water partition coefficient (Wildman–Crippen LogP) is 4.24. The third-order valence-electron chi connectivity index (χ3n) is 4.24. The van der Waals surface area contributed by atoms with Crippen molar-refractivity contribution in [2.24, 2.45) is 0 Å². The van der Waals surface area contributed by atoms with Crippen molar-refractivity contribution in [1.82, 2.24) is 9.88 Å². The first-order valence-electron chi connectivity index (χ1n) is 7.98. The Morgan fingerprint density at radius 1 is 1.23 bits per heavy atom. The summed E-state index contributed by atoms with van der Waals surface area (Å²) in [5.41, 5.74) is 2.31. The number of thiazole rings is 1. The summed E-state index contributed by atoms with van der Waals surface area (Å²) in [4.78, 5) is 31.7. The first kappa shape index (κ1) is 16.9. The van der Waals surface area contributed by atoms with Crippen LogP contribution >= 0.6 is 27.3 Å². The lowest BCUT2D eigenvalue weighted by Gasteiger charge is -2.27. The van der Waals surface area contributed by atoms with Gasteiger partial charge in [-0.3, -0.25) is 14.9 Å². The van der Waals surface area contributed by atoms with Gasteiger partial charge in [-0.05, 0) is 29.3 Å². The minimum atomic E-state index is -0.723. The number of benzene rings is 2. The number of nitrogens with one attached hydrogen (secondary N) is 1. The minimum Gasteiger partial charge on any atom is -0.318 e. The van der Waals surface area contributed by atoms with E-state index in [1.165, 1.54) is 11.3 Å². The fraction of sp³-hybridized carbons (Fsp3) is 0.105. The van der Waals surface area contributed by atoms with Crippen LogP contribution in [0.3, 0.4) is 0 Å². The number of aromatic nitrogens is 1. The van der Waals surface area contributed by atoms with Gasteiger partial charge in [-0.15, -0.1) is 11.3 Å². The van der Waals surface area contributed by atoms with E-state index in [4.69, 9.17) is 0 Å². The van der Waals surface area contributed by atoms with Crippen LogP contribution in [0.15, 0.2) is 64.6 Å². The molecule has 1 N–H and O–H groups in total. The first-order valence-corrected chi connectivity index (χ1v) is 9.65. The maximum absolute atomic E-state index is 13.0. The highest BCUT2D eigenvalue weighted by molar-refractivity contribution is 9.10. The normalized spacial score (nSPS) is 14.2. The van der Waals surface area contributed by atoms with E-state index in [-0.39, 0.29) is 11.8 Å². The molecule has 0 bridgehead atoms. The number of carbonyl (C=O) groups is 2. The second kappa shape index (κ2) is 7.01. The number of amides is 2. The van der Waals surface area contributed by atoms with Crippen molar-refractivity contribution in [3.63, 3.8) is 0 Å². The SMILES string of the molecule is O=C(Nc1nccs1)C(c1ccccc1)N1Cc2cc(Br)ccc2C1=O. The zero-order valence-corrected chi connectivity index (χ0v) is 16.0. The molecule has 1 aliphatic rings. The van der Waals surface area contributed by atoms with Gasteiger partial charge in [0.1, 0.15) is 6.04 Å². The van der Waals surface area contributed by atoms with Crippen molar-refractivity contribution in [2.75, 3.05) is 5.32 Å². The third-order valence-corrected chi connectivity index (χ3v) is 5.42. The number of hydrogen-bond donors (Lipinski definition) is 1. The molecule has 0 saturated heterocycles. The lowest BCUT2D eigenvalue weighted by atomic mass is 10.0. The Morgan fingerprint density at radius 3 is 2.77 bits per heavy atom. The molecule has 5 nitrogen and oxygen atoms in total. The summed E-state index contributed by atoms with van der Waals surface area (Å²) in [6, 6.07) is 14.2. The molecule has 0 saturated carbocycles. The Balaban J connectivity index is 1.70. The smallest absolute Gasteiger partial charge is 0.255 e. The first-order chi connectivity index (χ1) is 12.6. The molecule has 2 heterocycles. The molecule has 2 aromatic carbocycles. The number of carbonyl (C=O) groups excluding carboxylic acids is 2. The van der Waals surface area contributed by atoms with Crippen LogP contribution in [0.1, 0.15) is 27.5 Å². The van der Waals surface area contributed by atoms with Gasteiger partial charge in [0.05, 0.1) is 0 Å². The molecule has 0 spiro atoms. The molecule has 2 amide bonds. The molecule has 3 aromatic rings. The highest BCUT2D eigenvalue weighted by Crippen LogP contribution is 2.33. The molecular formula is C19H14BrN3O2S. The Bertz CT molecular complexity index is 960. The lowest BCUT2D eigenvalue weighted by Crippen LogP contribution is -2.37. The topological polar surface area (TPSA) is 62.3 Å². The van der Waals surface area contributed by atoms with Gasteiger partial charge >= 0.3 is 0 Å². The zero-order valence-electron chi connectivity index (χ0n) is 13.6. The Hall–Kier alpha value is -2.51. The van der Waals surface area contributed by atoms with Crippen molar-refractivity contribution < 1.29 is 9.59 Å². The molecule has 0 aliphatic carbocycles. The van der Waals surface area contributed by atoms with Crippen LogP contribution < -0.4 is 5.32 Å². The average Bonchev–Trinajstić information content (AvgIpc) is 3.25. The molecule has 26 heavy (non-hydrogen) atoms. The molecule has 4 rings (SSSR count). The number of rotatable bonds is 4. The van der Waals surface area contributed by atoms with Crippen LogP contribution in [0.2, 0.25) is 0 Å². The van der Waals surface area contributed by atoms with Crippen LogP contribution in [-0.2, 0) is 11.3 Å². The summed E-state index contributed by atoms with van der Waals surface area (Å²) in [6.07, 6.45) is 1.63. The van der Waals surface area contributed by atoms with Gasteiger partial charge < -0.3 is 4.90 Å². The Labute approximate surface area is 162 Å². The van der Waals surface area contributed by atoms with Crippen molar-refractivity contribution in [3.8, 4) is 0 Å². The molecule has 7 heteroatoms. The fourth-order valence-corrected chi connectivity index (χ4v) is 4.03. The number of halogens is 1. The van der Waals surface area contributed by atoms with Crippen molar-refractivity contribution >= 4 is 44.2 Å². The number of hydrogen-bond acceptors (Lipinski definition) is 4. The molecule has 0 fully saturated rings. The van der Waals surface area contributed by atoms with E-state index in [0.717, 1.165) is 15.6 Å². The van der Waals surface area contributed by atoms with E-state index in [1.54, 1.807) is 22.5 Å². The summed E-state index contributed by atoms with van der Waals surface area (Å²) in [5, 5.41) is 5.13. The summed E-state index contributed by atoms with van der Waals surface area (Å²) < 4.78 is 0.911. The number of fused-ring (bicyclic) bond motifs is 1. The van der Waals surface area contributed by atoms with E-state index >= 15 is 0 Å². The number of nitrogens with zero attached hydrogens (tertiary/aromatic N) is 2. The second-order valence-corrected chi connectivity index (χ2v) is 7.68. The predicted molar refractivity (Wildman–Crippen MR) is 104 cm³/mol. The van der Waals surface area contributed by atoms with Crippen molar-refractivity contribution in [2.45, 2.75) is 12.6 Å². The van der Waals surface area contributed by atoms with Gasteiger partial charge in [-0.25, -0.2) is 4.98 Å². The second-order valence-electron chi connectivity index (χ2n) is 5.87. The third kappa shape index (κ3) is 3.15. The zero-order chi connectivity index (χ0) is 18.1. The standard InChI is InChI=1S/C19H14BrN3O2S/c20-14-6-7-15-13(10-14)11-23(18(15)25)16(12-4-2-1-3-5-12)17(24)22-19-21-8-9-26-19/h1-10,16H,11H2,(H,21,22,24). The van der Waals surface area contributed by atoms with Gasteiger partial charge in [0, 0.05) is 28.2 Å².